The highest BCUT2D eigenvalue weighted by Gasteiger charge is 1.81. The molecule has 9 heavy (non-hydrogen) atoms. The Morgan fingerprint density at radius 3 is 2.44 bits per heavy atom. The summed E-state index contributed by atoms with van der Waals surface area (Å²) in [7, 11) is 0. The Hall–Kier alpha value is -0.190. The first-order valence-corrected chi connectivity index (χ1v) is 2.93. The SMILES string of the molecule is F.NCCCNCCO. The first-order chi connectivity index (χ1) is 3.91. The predicted octanol–water partition coefficient (Wildman–Crippen LogP) is -0.930. The van der Waals surface area contributed by atoms with Gasteiger partial charge in [0.15, 0.2) is 0 Å². The molecule has 0 rings (SSSR count). The monoisotopic (exact) mass is 138 g/mol. The lowest BCUT2D eigenvalue weighted by Crippen LogP contribution is -2.21. The lowest BCUT2D eigenvalue weighted by Gasteiger charge is -1.97. The summed E-state index contributed by atoms with van der Waals surface area (Å²) in [6, 6.07) is 0. The Kier molecular flexibility index (Phi) is 13.8. The van der Waals surface area contributed by atoms with Crippen molar-refractivity contribution in [3.63, 3.8) is 0 Å². The Balaban J connectivity index is 0. The van der Waals surface area contributed by atoms with Gasteiger partial charge in [0.2, 0.25) is 0 Å². The van der Waals surface area contributed by atoms with Crippen molar-refractivity contribution < 1.29 is 9.81 Å². The summed E-state index contributed by atoms with van der Waals surface area (Å²) in [6.45, 7) is 2.53. The van der Waals surface area contributed by atoms with E-state index in [1.54, 1.807) is 0 Å². The standard InChI is InChI=1S/C5H14N2O.FH/c6-2-1-3-7-4-5-8;/h7-8H,1-6H2;1H. The minimum absolute atomic E-state index is 0. The number of aliphatic hydroxyl groups is 1. The highest BCUT2D eigenvalue weighted by Crippen LogP contribution is 1.66. The Labute approximate surface area is 54.6 Å². The molecule has 3 nitrogen and oxygen atoms in total. The molecule has 0 radical (unpaired) electrons. The number of rotatable bonds is 5. The molecule has 0 aliphatic rings. The van der Waals surface area contributed by atoms with Gasteiger partial charge < -0.3 is 16.2 Å². The third-order valence-corrected chi connectivity index (χ3v) is 0.846. The summed E-state index contributed by atoms with van der Waals surface area (Å²) in [5.41, 5.74) is 5.21. The third kappa shape index (κ3) is 11.4. The third-order valence-electron chi connectivity index (χ3n) is 0.846. The maximum Gasteiger partial charge on any atom is 0.0555 e. The van der Waals surface area contributed by atoms with Gasteiger partial charge in [0.05, 0.1) is 6.61 Å². The van der Waals surface area contributed by atoms with Crippen molar-refractivity contribution in [3.05, 3.63) is 0 Å². The molecule has 0 unspecified atom stereocenters. The lowest BCUT2D eigenvalue weighted by atomic mass is 10.4. The maximum atomic E-state index is 8.27. The highest BCUT2D eigenvalue weighted by atomic mass is 19.0. The van der Waals surface area contributed by atoms with E-state index in [4.69, 9.17) is 10.8 Å². The molecule has 0 aromatic rings. The minimum atomic E-state index is 0. The molecule has 0 saturated heterocycles. The minimum Gasteiger partial charge on any atom is -0.395 e. The average molecular weight is 138 g/mol. The fraction of sp³-hybridized carbons (Fsp3) is 1.00. The van der Waals surface area contributed by atoms with Gasteiger partial charge in [-0.05, 0) is 19.5 Å². The summed E-state index contributed by atoms with van der Waals surface area (Å²) in [6.07, 6.45) is 0.986. The molecule has 0 aromatic carbocycles. The second-order valence-corrected chi connectivity index (χ2v) is 1.62. The van der Waals surface area contributed by atoms with Crippen molar-refractivity contribution in [2.24, 2.45) is 5.73 Å². The van der Waals surface area contributed by atoms with Crippen molar-refractivity contribution in [2.75, 3.05) is 26.2 Å². The van der Waals surface area contributed by atoms with Gasteiger partial charge in [0.25, 0.3) is 0 Å². The number of nitrogens with two attached hydrogens (primary N) is 1. The number of hydrogen-bond acceptors (Lipinski definition) is 3. The summed E-state index contributed by atoms with van der Waals surface area (Å²) < 4.78 is 0. The predicted molar refractivity (Wildman–Crippen MR) is 36.1 cm³/mol. The van der Waals surface area contributed by atoms with Gasteiger partial charge in [-0.2, -0.15) is 0 Å². The molecule has 4 N–H and O–H groups in total. The summed E-state index contributed by atoms with van der Waals surface area (Å²) >= 11 is 0. The van der Waals surface area contributed by atoms with Gasteiger partial charge in [-0.15, -0.1) is 0 Å². The largest absolute Gasteiger partial charge is 0.395 e. The van der Waals surface area contributed by atoms with Gasteiger partial charge in [0.1, 0.15) is 0 Å². The molecule has 0 aliphatic carbocycles. The quantitative estimate of drug-likeness (QED) is 0.430. The van der Waals surface area contributed by atoms with Gasteiger partial charge in [-0.25, -0.2) is 0 Å². The molecule has 0 saturated carbocycles. The van der Waals surface area contributed by atoms with Crippen LogP contribution in [-0.4, -0.2) is 31.3 Å². The zero-order valence-electron chi connectivity index (χ0n) is 5.47. The number of nitrogens with one attached hydrogen (secondary N) is 1. The molecular formula is C5H15FN2O. The van der Waals surface area contributed by atoms with Crippen LogP contribution >= 0.6 is 0 Å². The molecule has 0 heterocycles. The van der Waals surface area contributed by atoms with Crippen LogP contribution < -0.4 is 11.1 Å². The van der Waals surface area contributed by atoms with Gasteiger partial charge >= 0.3 is 0 Å². The van der Waals surface area contributed by atoms with E-state index in [-0.39, 0.29) is 11.3 Å². The zero-order chi connectivity index (χ0) is 6.24. The van der Waals surface area contributed by atoms with E-state index in [1.165, 1.54) is 0 Å². The molecule has 0 aliphatic heterocycles. The lowest BCUT2D eigenvalue weighted by molar-refractivity contribution is 0.292. The van der Waals surface area contributed by atoms with Crippen LogP contribution in [0.15, 0.2) is 0 Å². The number of aliphatic hydroxyl groups excluding tert-OH is 1. The van der Waals surface area contributed by atoms with Gasteiger partial charge in [0, 0.05) is 6.54 Å². The van der Waals surface area contributed by atoms with Crippen molar-refractivity contribution in [2.45, 2.75) is 6.42 Å². The van der Waals surface area contributed by atoms with Crippen molar-refractivity contribution in [1.82, 2.24) is 5.32 Å². The first kappa shape index (κ1) is 11.6. The molecule has 4 heteroatoms. The topological polar surface area (TPSA) is 58.3 Å². The Bertz CT molecular complexity index is 39.9. The first-order valence-electron chi connectivity index (χ1n) is 2.93. The number of halogens is 1. The van der Waals surface area contributed by atoms with Crippen LogP contribution in [0.1, 0.15) is 6.42 Å². The van der Waals surface area contributed by atoms with Crippen molar-refractivity contribution in [3.8, 4) is 0 Å². The summed E-state index contributed by atoms with van der Waals surface area (Å²) in [5.74, 6) is 0. The van der Waals surface area contributed by atoms with E-state index in [2.05, 4.69) is 5.32 Å². The molecular weight excluding hydrogens is 123 g/mol. The summed E-state index contributed by atoms with van der Waals surface area (Å²) in [4.78, 5) is 0. The Morgan fingerprint density at radius 1 is 1.33 bits per heavy atom. The fourth-order valence-electron chi connectivity index (χ4n) is 0.431. The second-order valence-electron chi connectivity index (χ2n) is 1.62. The molecule has 0 aromatic heterocycles. The van der Waals surface area contributed by atoms with Crippen LogP contribution in [0.4, 0.5) is 4.70 Å². The Morgan fingerprint density at radius 2 is 2.00 bits per heavy atom. The van der Waals surface area contributed by atoms with Crippen LogP contribution in [0.25, 0.3) is 0 Å². The van der Waals surface area contributed by atoms with Crippen LogP contribution in [-0.2, 0) is 0 Å². The number of hydrogen-bond donors (Lipinski definition) is 3. The molecule has 0 atom stereocenters. The highest BCUT2D eigenvalue weighted by molar-refractivity contribution is 4.45. The maximum absolute atomic E-state index is 8.27. The van der Waals surface area contributed by atoms with Crippen molar-refractivity contribution >= 4 is 0 Å². The second kappa shape index (κ2) is 10.7. The molecule has 0 amide bonds. The van der Waals surface area contributed by atoms with E-state index in [9.17, 15) is 0 Å². The van der Waals surface area contributed by atoms with Crippen molar-refractivity contribution in [1.29, 1.82) is 0 Å². The normalized spacial score (nSPS) is 8.67. The average Bonchev–Trinajstić information content (AvgIpc) is 1.81. The van der Waals surface area contributed by atoms with Crippen LogP contribution in [0, 0.1) is 0 Å². The molecule has 0 spiro atoms. The van der Waals surface area contributed by atoms with E-state index < -0.39 is 0 Å². The van der Waals surface area contributed by atoms with E-state index in [0.717, 1.165) is 19.5 Å². The molecule has 0 bridgehead atoms. The molecule has 58 valence electrons. The van der Waals surface area contributed by atoms with E-state index >= 15 is 0 Å². The van der Waals surface area contributed by atoms with Crippen LogP contribution in [0.2, 0.25) is 0 Å². The van der Waals surface area contributed by atoms with Gasteiger partial charge in [-0.3, -0.25) is 4.70 Å². The van der Waals surface area contributed by atoms with Crippen LogP contribution in [0.3, 0.4) is 0 Å². The van der Waals surface area contributed by atoms with Gasteiger partial charge in [-0.1, -0.05) is 0 Å². The van der Waals surface area contributed by atoms with E-state index in [0.29, 0.717) is 6.54 Å². The smallest absolute Gasteiger partial charge is 0.0555 e. The van der Waals surface area contributed by atoms with Crippen LogP contribution in [0.5, 0.6) is 0 Å². The fourth-order valence-corrected chi connectivity index (χ4v) is 0.431. The summed E-state index contributed by atoms with van der Waals surface area (Å²) in [5, 5.41) is 11.3. The van der Waals surface area contributed by atoms with E-state index in [1.807, 2.05) is 0 Å². The zero-order valence-corrected chi connectivity index (χ0v) is 5.47. The molecule has 0 fully saturated rings.